The lowest BCUT2D eigenvalue weighted by molar-refractivity contribution is -0.137. The summed E-state index contributed by atoms with van der Waals surface area (Å²) in [5.74, 6) is -2.29. The average molecular weight is 347 g/mol. The van der Waals surface area contributed by atoms with E-state index in [9.17, 15) is 18.8 Å². The molecule has 3 N–H and O–H groups in total. The molecule has 0 unspecified atom stereocenters. The molecule has 1 aromatic rings. The summed E-state index contributed by atoms with van der Waals surface area (Å²) in [6.45, 7) is 0. The zero-order valence-electron chi connectivity index (χ0n) is 10.3. The number of amides is 3. The van der Waals surface area contributed by atoms with Crippen LogP contribution in [0.4, 0.5) is 14.9 Å². The standard InChI is InChI=1S/C12H12BrFN2O4/c13-7-3-1-4-8(14)11(7)16-12(20)15-9(17)5-2-6-10(18)19/h1,3-4H,2,5-6H2,(H,18,19)(H2,15,16,17,20). The molecular formula is C12H12BrFN2O4. The Morgan fingerprint density at radius 3 is 2.55 bits per heavy atom. The van der Waals surface area contributed by atoms with Crippen LogP contribution in [0.1, 0.15) is 19.3 Å². The topological polar surface area (TPSA) is 95.5 Å². The quantitative estimate of drug-likeness (QED) is 0.763. The Hall–Kier alpha value is -1.96. The fourth-order valence-electron chi connectivity index (χ4n) is 1.35. The Balaban J connectivity index is 2.47. The Morgan fingerprint density at radius 1 is 1.25 bits per heavy atom. The van der Waals surface area contributed by atoms with Crippen molar-refractivity contribution in [2.45, 2.75) is 19.3 Å². The third-order valence-electron chi connectivity index (χ3n) is 2.25. The number of carbonyl (C=O) groups is 3. The van der Waals surface area contributed by atoms with Gasteiger partial charge in [-0.1, -0.05) is 6.07 Å². The Morgan fingerprint density at radius 2 is 1.95 bits per heavy atom. The monoisotopic (exact) mass is 346 g/mol. The number of nitrogens with one attached hydrogen (secondary N) is 2. The van der Waals surface area contributed by atoms with Gasteiger partial charge in [0.25, 0.3) is 0 Å². The first-order valence-electron chi connectivity index (χ1n) is 5.67. The van der Waals surface area contributed by atoms with E-state index in [0.29, 0.717) is 4.47 Å². The normalized spacial score (nSPS) is 9.90. The summed E-state index contributed by atoms with van der Waals surface area (Å²) in [5.41, 5.74) is -0.0802. The van der Waals surface area contributed by atoms with E-state index in [1.165, 1.54) is 12.1 Å². The van der Waals surface area contributed by atoms with Crippen LogP contribution in [0.25, 0.3) is 0 Å². The molecule has 0 aliphatic rings. The number of aliphatic carboxylic acids is 1. The summed E-state index contributed by atoms with van der Waals surface area (Å²) in [6.07, 6.45) is -0.135. The maximum Gasteiger partial charge on any atom is 0.325 e. The molecule has 1 rings (SSSR count). The number of rotatable bonds is 5. The second-order valence-electron chi connectivity index (χ2n) is 3.85. The highest BCUT2D eigenvalue weighted by Gasteiger charge is 2.12. The molecule has 0 saturated heterocycles. The summed E-state index contributed by atoms with van der Waals surface area (Å²) in [5, 5.41) is 12.6. The van der Waals surface area contributed by atoms with Gasteiger partial charge in [0, 0.05) is 17.3 Å². The van der Waals surface area contributed by atoms with E-state index in [4.69, 9.17) is 5.11 Å². The van der Waals surface area contributed by atoms with Crippen LogP contribution in [-0.2, 0) is 9.59 Å². The number of carbonyl (C=O) groups excluding carboxylic acids is 2. The summed E-state index contributed by atoms with van der Waals surface area (Å²) >= 11 is 3.07. The van der Waals surface area contributed by atoms with Gasteiger partial charge in [-0.25, -0.2) is 9.18 Å². The van der Waals surface area contributed by atoms with Crippen molar-refractivity contribution in [2.75, 3.05) is 5.32 Å². The van der Waals surface area contributed by atoms with Crippen LogP contribution >= 0.6 is 15.9 Å². The van der Waals surface area contributed by atoms with E-state index in [1.807, 2.05) is 5.32 Å². The molecule has 0 spiro atoms. The van der Waals surface area contributed by atoms with Crippen molar-refractivity contribution in [3.05, 3.63) is 28.5 Å². The highest BCUT2D eigenvalue weighted by Crippen LogP contribution is 2.24. The van der Waals surface area contributed by atoms with Crippen LogP contribution in [0.3, 0.4) is 0 Å². The predicted octanol–water partition coefficient (Wildman–Crippen LogP) is 2.49. The summed E-state index contributed by atoms with van der Waals surface area (Å²) < 4.78 is 13.8. The van der Waals surface area contributed by atoms with E-state index >= 15 is 0 Å². The molecule has 0 radical (unpaired) electrons. The number of hydrogen-bond donors (Lipinski definition) is 3. The van der Waals surface area contributed by atoms with Crippen LogP contribution in [0, 0.1) is 5.82 Å². The number of halogens is 2. The number of imide groups is 1. The fraction of sp³-hybridized carbons (Fsp3) is 0.250. The second kappa shape index (κ2) is 7.59. The van der Waals surface area contributed by atoms with Crippen molar-refractivity contribution in [1.29, 1.82) is 0 Å². The van der Waals surface area contributed by atoms with Gasteiger partial charge in [-0.05, 0) is 34.5 Å². The van der Waals surface area contributed by atoms with Crippen LogP contribution < -0.4 is 10.6 Å². The van der Waals surface area contributed by atoms with Crippen molar-refractivity contribution in [1.82, 2.24) is 5.32 Å². The molecule has 0 saturated carbocycles. The minimum absolute atomic E-state index is 0.0802. The first-order chi connectivity index (χ1) is 9.40. The Kier molecular flexibility index (Phi) is 6.10. The largest absolute Gasteiger partial charge is 0.481 e. The third kappa shape index (κ3) is 5.35. The zero-order valence-corrected chi connectivity index (χ0v) is 11.9. The number of para-hydroxylation sites is 1. The molecule has 8 heteroatoms. The molecule has 0 aliphatic heterocycles. The first kappa shape index (κ1) is 16.1. The van der Waals surface area contributed by atoms with Crippen LogP contribution in [0.5, 0.6) is 0 Å². The summed E-state index contributed by atoms with van der Waals surface area (Å²) in [6, 6.07) is 3.28. The molecule has 1 aromatic carbocycles. The second-order valence-corrected chi connectivity index (χ2v) is 4.70. The molecule has 6 nitrogen and oxygen atoms in total. The van der Waals surface area contributed by atoms with Gasteiger partial charge in [0.05, 0.1) is 5.69 Å². The van der Waals surface area contributed by atoms with Crippen molar-refractivity contribution >= 4 is 39.5 Å². The molecule has 0 heterocycles. The molecule has 0 bridgehead atoms. The van der Waals surface area contributed by atoms with Crippen molar-refractivity contribution < 1.29 is 23.9 Å². The fourth-order valence-corrected chi connectivity index (χ4v) is 1.79. The van der Waals surface area contributed by atoms with Gasteiger partial charge in [0.2, 0.25) is 5.91 Å². The zero-order chi connectivity index (χ0) is 15.1. The lowest BCUT2D eigenvalue weighted by Crippen LogP contribution is -2.34. The van der Waals surface area contributed by atoms with E-state index in [0.717, 1.165) is 6.07 Å². The van der Waals surface area contributed by atoms with E-state index in [2.05, 4.69) is 21.2 Å². The highest BCUT2D eigenvalue weighted by atomic mass is 79.9. The molecule has 20 heavy (non-hydrogen) atoms. The minimum atomic E-state index is -1.02. The van der Waals surface area contributed by atoms with Gasteiger partial charge < -0.3 is 10.4 Å². The van der Waals surface area contributed by atoms with Crippen LogP contribution in [0.15, 0.2) is 22.7 Å². The van der Waals surface area contributed by atoms with E-state index < -0.39 is 23.7 Å². The lowest BCUT2D eigenvalue weighted by Gasteiger charge is -2.09. The average Bonchev–Trinajstić information content (AvgIpc) is 2.33. The minimum Gasteiger partial charge on any atom is -0.481 e. The third-order valence-corrected chi connectivity index (χ3v) is 2.91. The lowest BCUT2D eigenvalue weighted by atomic mass is 10.2. The summed E-state index contributed by atoms with van der Waals surface area (Å²) in [4.78, 5) is 33.1. The smallest absolute Gasteiger partial charge is 0.325 e. The highest BCUT2D eigenvalue weighted by molar-refractivity contribution is 9.10. The van der Waals surface area contributed by atoms with Gasteiger partial charge in [0.1, 0.15) is 5.82 Å². The van der Waals surface area contributed by atoms with Gasteiger partial charge in [0.15, 0.2) is 0 Å². The van der Waals surface area contributed by atoms with Crippen LogP contribution in [0.2, 0.25) is 0 Å². The van der Waals surface area contributed by atoms with Gasteiger partial charge in [-0.15, -0.1) is 0 Å². The molecule has 108 valence electrons. The van der Waals surface area contributed by atoms with Crippen molar-refractivity contribution in [2.24, 2.45) is 0 Å². The van der Waals surface area contributed by atoms with Crippen molar-refractivity contribution in [3.63, 3.8) is 0 Å². The predicted molar refractivity (Wildman–Crippen MR) is 72.7 cm³/mol. The number of anilines is 1. The molecule has 0 aromatic heterocycles. The SMILES string of the molecule is O=C(O)CCCC(=O)NC(=O)Nc1c(F)cccc1Br. The number of urea groups is 1. The van der Waals surface area contributed by atoms with Gasteiger partial charge in [-0.2, -0.15) is 0 Å². The van der Waals surface area contributed by atoms with E-state index in [1.54, 1.807) is 0 Å². The van der Waals surface area contributed by atoms with E-state index in [-0.39, 0.29) is 24.9 Å². The molecule has 0 atom stereocenters. The first-order valence-corrected chi connectivity index (χ1v) is 6.46. The Bertz CT molecular complexity index is 516. The van der Waals surface area contributed by atoms with Crippen LogP contribution in [-0.4, -0.2) is 23.0 Å². The van der Waals surface area contributed by atoms with Gasteiger partial charge in [-0.3, -0.25) is 14.9 Å². The maximum absolute atomic E-state index is 13.4. The number of hydrogen-bond acceptors (Lipinski definition) is 3. The molecule has 0 fully saturated rings. The molecule has 0 aliphatic carbocycles. The number of benzene rings is 1. The number of carboxylic acids is 1. The maximum atomic E-state index is 13.4. The van der Waals surface area contributed by atoms with Gasteiger partial charge >= 0.3 is 12.0 Å². The number of carboxylic acid groups (broad SMARTS) is 1. The Labute approximate surface area is 122 Å². The molecule has 3 amide bonds. The summed E-state index contributed by atoms with van der Waals surface area (Å²) in [7, 11) is 0. The van der Waals surface area contributed by atoms with Crippen molar-refractivity contribution in [3.8, 4) is 0 Å². The molecular weight excluding hydrogens is 335 g/mol.